The van der Waals surface area contributed by atoms with Crippen molar-refractivity contribution in [1.82, 2.24) is 5.32 Å². The fraction of sp³-hybridized carbons (Fsp3) is 0.742. The lowest BCUT2D eigenvalue weighted by atomic mass is 9.80. The Morgan fingerprint density at radius 2 is 1.62 bits per heavy atom. The van der Waals surface area contributed by atoms with Crippen molar-refractivity contribution in [3.8, 4) is 11.5 Å². The van der Waals surface area contributed by atoms with Crippen LogP contribution >= 0.6 is 0 Å². The van der Waals surface area contributed by atoms with E-state index in [1.54, 1.807) is 14.2 Å². The van der Waals surface area contributed by atoms with Crippen LogP contribution in [-0.2, 0) is 20.7 Å². The highest BCUT2D eigenvalue weighted by Gasteiger charge is 2.31. The van der Waals surface area contributed by atoms with Crippen molar-refractivity contribution in [1.29, 1.82) is 0 Å². The molecular formula is C31H55N3O6. The first-order valence-electron chi connectivity index (χ1n) is 14.6. The number of nitrogens with one attached hydrogen (secondary N) is 1. The number of hydrogen-bond acceptors (Lipinski definition) is 7. The Bertz CT molecular complexity index is 892. The molecule has 9 nitrogen and oxygen atoms in total. The summed E-state index contributed by atoms with van der Waals surface area (Å²) >= 11 is 0. The van der Waals surface area contributed by atoms with Crippen molar-refractivity contribution in [3.05, 3.63) is 23.8 Å². The highest BCUT2D eigenvalue weighted by atomic mass is 16.5. The van der Waals surface area contributed by atoms with Gasteiger partial charge < -0.3 is 36.1 Å². The van der Waals surface area contributed by atoms with Crippen molar-refractivity contribution in [2.24, 2.45) is 41.1 Å². The van der Waals surface area contributed by atoms with Gasteiger partial charge in [-0.3, -0.25) is 9.59 Å². The maximum Gasteiger partial charge on any atom is 0.223 e. The number of primary amides is 1. The van der Waals surface area contributed by atoms with Gasteiger partial charge in [0, 0.05) is 44.6 Å². The van der Waals surface area contributed by atoms with Crippen LogP contribution in [0, 0.1) is 29.6 Å². The summed E-state index contributed by atoms with van der Waals surface area (Å²) in [5.41, 5.74) is 13.0. The zero-order valence-corrected chi connectivity index (χ0v) is 25.9. The molecular weight excluding hydrogens is 510 g/mol. The number of amides is 2. The number of hydrogen-bond donors (Lipinski definition) is 4. The molecule has 0 bridgehead atoms. The molecule has 1 rings (SSSR count). The molecule has 1 aromatic rings. The second-order valence-electron chi connectivity index (χ2n) is 12.0. The third-order valence-electron chi connectivity index (χ3n) is 7.68. The standard InChI is InChI=1S/C31H55N3O6/c1-19(2)23(14-22-10-11-28(39-8)29(15-22)40-13-9-12-38-7)16-25(32)27(35)17-24(20(3)4)31(37)34-26(21(5)6)18-30(33)36/h10-11,15,19-21,23-27,35H,9,12-14,16-18,32H2,1-8H3,(H2,33,36)(H,34,37)/t23-,24-,25-,26+,27-/m0/s1. The van der Waals surface area contributed by atoms with Crippen LogP contribution in [0.5, 0.6) is 11.5 Å². The summed E-state index contributed by atoms with van der Waals surface area (Å²) in [5, 5.41) is 14.1. The van der Waals surface area contributed by atoms with Gasteiger partial charge in [-0.2, -0.15) is 0 Å². The first kappa shape index (κ1) is 35.7. The van der Waals surface area contributed by atoms with Crippen LogP contribution in [0.25, 0.3) is 0 Å². The van der Waals surface area contributed by atoms with E-state index in [1.807, 2.05) is 45.9 Å². The molecule has 230 valence electrons. The van der Waals surface area contributed by atoms with Gasteiger partial charge in [0.05, 0.1) is 19.8 Å². The first-order chi connectivity index (χ1) is 18.8. The van der Waals surface area contributed by atoms with Gasteiger partial charge in [-0.1, -0.05) is 47.6 Å². The molecule has 40 heavy (non-hydrogen) atoms. The lowest BCUT2D eigenvalue weighted by Crippen LogP contribution is -2.47. The number of methoxy groups -OCH3 is 2. The largest absolute Gasteiger partial charge is 0.493 e. The van der Waals surface area contributed by atoms with Gasteiger partial charge in [0.2, 0.25) is 11.8 Å². The molecule has 0 heterocycles. The fourth-order valence-corrected chi connectivity index (χ4v) is 4.82. The molecule has 0 aliphatic carbocycles. The Morgan fingerprint density at radius 1 is 0.950 bits per heavy atom. The first-order valence-corrected chi connectivity index (χ1v) is 14.6. The van der Waals surface area contributed by atoms with Crippen molar-refractivity contribution >= 4 is 11.8 Å². The molecule has 5 atom stereocenters. The van der Waals surface area contributed by atoms with Crippen LogP contribution < -0.4 is 26.3 Å². The summed E-state index contributed by atoms with van der Waals surface area (Å²) in [4.78, 5) is 24.6. The second-order valence-corrected chi connectivity index (χ2v) is 12.0. The highest BCUT2D eigenvalue weighted by Crippen LogP contribution is 2.32. The van der Waals surface area contributed by atoms with Gasteiger partial charge in [0.25, 0.3) is 0 Å². The number of benzene rings is 1. The molecule has 2 amide bonds. The van der Waals surface area contributed by atoms with Crippen LogP contribution in [0.4, 0.5) is 0 Å². The van der Waals surface area contributed by atoms with E-state index in [2.05, 4.69) is 19.2 Å². The zero-order chi connectivity index (χ0) is 30.4. The van der Waals surface area contributed by atoms with Crippen LogP contribution in [0.2, 0.25) is 0 Å². The molecule has 0 aromatic heterocycles. The monoisotopic (exact) mass is 565 g/mol. The molecule has 0 unspecified atom stereocenters. The Morgan fingerprint density at radius 3 is 2.15 bits per heavy atom. The van der Waals surface area contributed by atoms with E-state index >= 15 is 0 Å². The van der Waals surface area contributed by atoms with E-state index in [1.165, 1.54) is 0 Å². The van der Waals surface area contributed by atoms with Crippen LogP contribution in [0.3, 0.4) is 0 Å². The van der Waals surface area contributed by atoms with Crippen molar-refractivity contribution in [2.45, 2.75) is 91.8 Å². The van der Waals surface area contributed by atoms with E-state index in [4.69, 9.17) is 25.7 Å². The highest BCUT2D eigenvalue weighted by molar-refractivity contribution is 5.81. The molecule has 0 saturated heterocycles. The number of aliphatic hydroxyl groups is 1. The van der Waals surface area contributed by atoms with E-state index in [0.29, 0.717) is 37.1 Å². The predicted molar refractivity (Wildman–Crippen MR) is 159 cm³/mol. The number of rotatable bonds is 20. The van der Waals surface area contributed by atoms with Gasteiger partial charge in [-0.05, 0) is 60.6 Å². The Kier molecular flexibility index (Phi) is 16.2. The molecule has 0 aliphatic rings. The summed E-state index contributed by atoms with van der Waals surface area (Å²) < 4.78 is 16.5. The van der Waals surface area contributed by atoms with Gasteiger partial charge in [0.1, 0.15) is 0 Å². The van der Waals surface area contributed by atoms with E-state index in [9.17, 15) is 14.7 Å². The van der Waals surface area contributed by atoms with Crippen LogP contribution in [0.15, 0.2) is 18.2 Å². The molecule has 0 radical (unpaired) electrons. The predicted octanol–water partition coefficient (Wildman–Crippen LogP) is 3.68. The molecule has 0 saturated carbocycles. The minimum absolute atomic E-state index is 0.00857. The quantitative estimate of drug-likeness (QED) is 0.176. The molecule has 0 fully saturated rings. The van der Waals surface area contributed by atoms with Gasteiger partial charge in [0.15, 0.2) is 11.5 Å². The van der Waals surface area contributed by atoms with E-state index in [-0.39, 0.29) is 42.5 Å². The third-order valence-corrected chi connectivity index (χ3v) is 7.68. The van der Waals surface area contributed by atoms with Crippen molar-refractivity contribution in [3.63, 3.8) is 0 Å². The number of nitrogens with two attached hydrogens (primary N) is 2. The number of aliphatic hydroxyl groups excluding tert-OH is 1. The summed E-state index contributed by atoms with van der Waals surface area (Å²) in [5.74, 6) is 0.896. The molecule has 9 heteroatoms. The van der Waals surface area contributed by atoms with E-state index < -0.39 is 24.0 Å². The van der Waals surface area contributed by atoms with E-state index in [0.717, 1.165) is 18.4 Å². The minimum atomic E-state index is -0.844. The topological polar surface area (TPSA) is 146 Å². The van der Waals surface area contributed by atoms with Gasteiger partial charge >= 0.3 is 0 Å². The molecule has 1 aromatic carbocycles. The smallest absolute Gasteiger partial charge is 0.223 e. The van der Waals surface area contributed by atoms with Crippen molar-refractivity contribution in [2.75, 3.05) is 27.4 Å². The molecule has 0 spiro atoms. The molecule has 0 aliphatic heterocycles. The average molecular weight is 566 g/mol. The van der Waals surface area contributed by atoms with Gasteiger partial charge in [-0.25, -0.2) is 0 Å². The van der Waals surface area contributed by atoms with Gasteiger partial charge in [-0.15, -0.1) is 0 Å². The average Bonchev–Trinajstić information content (AvgIpc) is 2.88. The van der Waals surface area contributed by atoms with Crippen LogP contribution in [-0.4, -0.2) is 62.5 Å². The number of carbonyl (C=O) groups is 2. The minimum Gasteiger partial charge on any atom is -0.493 e. The summed E-state index contributed by atoms with van der Waals surface area (Å²) in [6.45, 7) is 13.3. The maximum atomic E-state index is 13.2. The summed E-state index contributed by atoms with van der Waals surface area (Å²) in [7, 11) is 3.29. The lowest BCUT2D eigenvalue weighted by Gasteiger charge is -2.31. The Hall–Kier alpha value is -2.36. The maximum absolute atomic E-state index is 13.2. The van der Waals surface area contributed by atoms with Crippen molar-refractivity contribution < 1.29 is 28.9 Å². The second kappa shape index (κ2) is 18.1. The Labute approximate surface area is 241 Å². The van der Waals surface area contributed by atoms with Crippen LogP contribution in [0.1, 0.15) is 72.8 Å². The fourth-order valence-electron chi connectivity index (χ4n) is 4.82. The number of ether oxygens (including phenoxy) is 3. The summed E-state index contributed by atoms with van der Waals surface area (Å²) in [6.07, 6.45) is 1.65. The SMILES string of the molecule is COCCCOc1cc(C[C@@H](C[C@H](N)[C@@H](O)C[C@H](C(=O)N[C@H](CC(N)=O)C(C)C)C(C)C)C(C)C)ccc1OC. The lowest BCUT2D eigenvalue weighted by molar-refractivity contribution is -0.129. The number of carbonyl (C=O) groups excluding carboxylic acids is 2. The third kappa shape index (κ3) is 12.4. The Balaban J connectivity index is 2.91. The summed E-state index contributed by atoms with van der Waals surface area (Å²) in [6, 6.07) is 5.13. The zero-order valence-electron chi connectivity index (χ0n) is 25.9. The molecule has 6 N–H and O–H groups in total. The normalized spacial score (nSPS) is 15.5.